The maximum atomic E-state index is 5.80. The second-order valence-electron chi connectivity index (χ2n) is 4.69. The van der Waals surface area contributed by atoms with E-state index in [4.69, 9.17) is 4.43 Å². The van der Waals surface area contributed by atoms with Gasteiger partial charge in [-0.1, -0.05) is 28.1 Å². The lowest BCUT2D eigenvalue weighted by Crippen LogP contribution is -2.25. The average Bonchev–Trinajstić information content (AvgIpc) is 2.14. The van der Waals surface area contributed by atoms with Crippen LogP contribution in [0.25, 0.3) is 0 Å². The molecule has 0 N–H and O–H groups in total. The Morgan fingerprint density at radius 2 is 1.73 bits per heavy atom. The summed E-state index contributed by atoms with van der Waals surface area (Å²) in [7, 11) is -1.31. The van der Waals surface area contributed by atoms with Gasteiger partial charge in [0.25, 0.3) is 0 Å². The van der Waals surface area contributed by atoms with Crippen molar-refractivity contribution in [2.75, 3.05) is 6.61 Å². The van der Waals surface area contributed by atoms with Crippen LogP contribution in [0.1, 0.15) is 12.0 Å². The van der Waals surface area contributed by atoms with E-state index in [-0.39, 0.29) is 0 Å². The third kappa shape index (κ3) is 6.13. The summed E-state index contributed by atoms with van der Waals surface area (Å²) in [6.45, 7) is 7.58. The van der Waals surface area contributed by atoms with Crippen molar-refractivity contribution >= 4 is 24.2 Å². The van der Waals surface area contributed by atoms with Gasteiger partial charge in [0.1, 0.15) is 0 Å². The highest BCUT2D eigenvalue weighted by Crippen LogP contribution is 2.12. The minimum Gasteiger partial charge on any atom is -0.418 e. The van der Waals surface area contributed by atoms with Gasteiger partial charge in [0.2, 0.25) is 0 Å². The summed E-state index contributed by atoms with van der Waals surface area (Å²) in [5.41, 5.74) is 1.39. The largest absolute Gasteiger partial charge is 0.418 e. The fourth-order valence-electron chi connectivity index (χ4n) is 1.31. The molecule has 0 amide bonds. The van der Waals surface area contributed by atoms with E-state index >= 15 is 0 Å². The van der Waals surface area contributed by atoms with Crippen molar-refractivity contribution in [1.29, 1.82) is 0 Å². The van der Waals surface area contributed by atoms with E-state index in [0.29, 0.717) is 0 Å². The summed E-state index contributed by atoms with van der Waals surface area (Å²) in [5, 5.41) is 0. The molecule has 15 heavy (non-hydrogen) atoms. The van der Waals surface area contributed by atoms with Crippen LogP contribution >= 0.6 is 15.9 Å². The van der Waals surface area contributed by atoms with Crippen LogP contribution in [0.3, 0.4) is 0 Å². The van der Waals surface area contributed by atoms with Crippen molar-refractivity contribution in [3.8, 4) is 0 Å². The molecule has 3 heteroatoms. The normalized spacial score (nSPS) is 11.7. The van der Waals surface area contributed by atoms with E-state index < -0.39 is 8.32 Å². The smallest absolute Gasteiger partial charge is 0.183 e. The minimum atomic E-state index is -1.31. The highest BCUT2D eigenvalue weighted by molar-refractivity contribution is 9.10. The van der Waals surface area contributed by atoms with Crippen molar-refractivity contribution in [2.45, 2.75) is 32.5 Å². The third-order valence-electron chi connectivity index (χ3n) is 2.06. The van der Waals surface area contributed by atoms with E-state index in [0.717, 1.165) is 23.9 Å². The molecule has 1 aromatic rings. The van der Waals surface area contributed by atoms with Crippen molar-refractivity contribution in [3.05, 3.63) is 34.3 Å². The molecule has 1 rings (SSSR count). The lowest BCUT2D eigenvalue weighted by molar-refractivity contribution is 0.305. The van der Waals surface area contributed by atoms with Crippen molar-refractivity contribution in [2.24, 2.45) is 0 Å². The summed E-state index contributed by atoms with van der Waals surface area (Å²) in [5.74, 6) is 0. The first-order valence-corrected chi connectivity index (χ1v) is 9.56. The Bertz CT molecular complexity index is 289. The Balaban J connectivity index is 2.23. The number of rotatable bonds is 5. The summed E-state index contributed by atoms with van der Waals surface area (Å²) >= 11 is 3.43. The molecule has 0 aliphatic rings. The number of benzene rings is 1. The number of halogens is 1. The molecule has 0 atom stereocenters. The molecule has 0 aliphatic carbocycles. The van der Waals surface area contributed by atoms with Crippen LogP contribution in [0, 0.1) is 0 Å². The van der Waals surface area contributed by atoms with Crippen LogP contribution in [-0.2, 0) is 10.8 Å². The molecule has 0 radical (unpaired) electrons. The van der Waals surface area contributed by atoms with Gasteiger partial charge in [0, 0.05) is 11.1 Å². The first-order valence-electron chi connectivity index (χ1n) is 5.36. The molecule has 84 valence electrons. The van der Waals surface area contributed by atoms with Crippen LogP contribution in [-0.4, -0.2) is 14.9 Å². The van der Waals surface area contributed by atoms with E-state index in [9.17, 15) is 0 Å². The number of hydrogen-bond donors (Lipinski definition) is 0. The molecule has 0 heterocycles. The molecular formula is C12H19BrOSi. The van der Waals surface area contributed by atoms with E-state index in [1.165, 1.54) is 5.56 Å². The molecule has 0 spiro atoms. The average molecular weight is 287 g/mol. The molecule has 1 nitrogen and oxygen atoms in total. The molecule has 0 saturated carbocycles. The maximum absolute atomic E-state index is 5.80. The quantitative estimate of drug-likeness (QED) is 0.581. The monoisotopic (exact) mass is 286 g/mol. The summed E-state index contributed by atoms with van der Waals surface area (Å²) in [6, 6.07) is 8.51. The molecule has 0 bridgehead atoms. The zero-order chi connectivity index (χ0) is 11.3. The molecule has 0 fully saturated rings. The Kier molecular flexibility index (Phi) is 5.03. The number of hydrogen-bond acceptors (Lipinski definition) is 1. The molecule has 0 unspecified atom stereocenters. The topological polar surface area (TPSA) is 9.23 Å². The second-order valence-corrected chi connectivity index (χ2v) is 10.1. The van der Waals surface area contributed by atoms with Gasteiger partial charge >= 0.3 is 0 Å². The Morgan fingerprint density at radius 1 is 1.13 bits per heavy atom. The van der Waals surface area contributed by atoms with Crippen LogP contribution < -0.4 is 0 Å². The van der Waals surface area contributed by atoms with Gasteiger partial charge in [0.05, 0.1) is 0 Å². The maximum Gasteiger partial charge on any atom is 0.183 e. The Labute approximate surface area is 102 Å². The lowest BCUT2D eigenvalue weighted by atomic mass is 10.1. The number of aryl methyl sites for hydroxylation is 1. The highest BCUT2D eigenvalue weighted by Gasteiger charge is 2.12. The van der Waals surface area contributed by atoms with Crippen molar-refractivity contribution in [1.82, 2.24) is 0 Å². The zero-order valence-electron chi connectivity index (χ0n) is 9.72. The van der Waals surface area contributed by atoms with Crippen LogP contribution in [0.2, 0.25) is 19.6 Å². The van der Waals surface area contributed by atoms with E-state index in [2.05, 4.69) is 59.8 Å². The third-order valence-corrected chi connectivity index (χ3v) is 3.66. The molecular weight excluding hydrogens is 268 g/mol. The van der Waals surface area contributed by atoms with Crippen molar-refractivity contribution in [3.63, 3.8) is 0 Å². The summed E-state index contributed by atoms with van der Waals surface area (Å²) in [4.78, 5) is 0. The van der Waals surface area contributed by atoms with E-state index in [1.807, 2.05) is 0 Å². The first-order chi connectivity index (χ1) is 6.97. The van der Waals surface area contributed by atoms with Crippen LogP contribution in [0.5, 0.6) is 0 Å². The fraction of sp³-hybridized carbons (Fsp3) is 0.500. The standard InChI is InChI=1S/C12H19BrOSi/c1-15(2,3)14-10-4-5-11-6-8-12(13)9-7-11/h6-9H,4-5,10H2,1-3H3. The lowest BCUT2D eigenvalue weighted by Gasteiger charge is -2.16. The summed E-state index contributed by atoms with van der Waals surface area (Å²) in [6.07, 6.45) is 2.23. The predicted molar refractivity (Wildman–Crippen MR) is 71.8 cm³/mol. The highest BCUT2D eigenvalue weighted by atomic mass is 79.9. The van der Waals surface area contributed by atoms with Gasteiger partial charge < -0.3 is 4.43 Å². The van der Waals surface area contributed by atoms with Gasteiger partial charge in [-0.15, -0.1) is 0 Å². The van der Waals surface area contributed by atoms with Gasteiger partial charge in [-0.2, -0.15) is 0 Å². The van der Waals surface area contributed by atoms with Gasteiger partial charge in [-0.25, -0.2) is 0 Å². The Hall–Kier alpha value is -0.123. The summed E-state index contributed by atoms with van der Waals surface area (Å²) < 4.78 is 6.95. The second kappa shape index (κ2) is 5.82. The molecule has 1 aromatic carbocycles. The van der Waals surface area contributed by atoms with Crippen molar-refractivity contribution < 1.29 is 4.43 Å². The van der Waals surface area contributed by atoms with Crippen LogP contribution in [0.4, 0.5) is 0 Å². The first kappa shape index (κ1) is 12.9. The SMILES string of the molecule is C[Si](C)(C)OCCCc1ccc(Br)cc1. The van der Waals surface area contributed by atoms with Crippen LogP contribution in [0.15, 0.2) is 28.7 Å². The predicted octanol–water partition coefficient (Wildman–Crippen LogP) is 4.23. The Morgan fingerprint density at radius 3 is 2.27 bits per heavy atom. The van der Waals surface area contributed by atoms with Gasteiger partial charge in [0.15, 0.2) is 8.32 Å². The molecule has 0 saturated heterocycles. The minimum absolute atomic E-state index is 0.895. The fourth-order valence-corrected chi connectivity index (χ4v) is 2.33. The molecule has 0 aromatic heterocycles. The van der Waals surface area contributed by atoms with Gasteiger partial charge in [-0.3, -0.25) is 0 Å². The zero-order valence-corrected chi connectivity index (χ0v) is 12.3. The van der Waals surface area contributed by atoms with Gasteiger partial charge in [-0.05, 0) is 50.2 Å². The molecule has 0 aliphatic heterocycles. The van der Waals surface area contributed by atoms with E-state index in [1.54, 1.807) is 0 Å².